The number of hydrogen-bond acceptors (Lipinski definition) is 17. The maximum atomic E-state index is 13.8. The molecule has 11 rings (SSSR count). The van der Waals surface area contributed by atoms with Crippen molar-refractivity contribution in [3.05, 3.63) is 108 Å². The van der Waals surface area contributed by atoms with E-state index in [9.17, 15) is 14.4 Å². The number of carbonyl (C=O) groups is 3. The van der Waals surface area contributed by atoms with Crippen molar-refractivity contribution in [2.24, 2.45) is 7.05 Å². The molecule has 8 aromatic rings. The van der Waals surface area contributed by atoms with Crippen molar-refractivity contribution in [2.75, 3.05) is 60.0 Å². The van der Waals surface area contributed by atoms with Crippen LogP contribution in [0.5, 0.6) is 11.8 Å². The van der Waals surface area contributed by atoms with Crippen molar-refractivity contribution in [3.63, 3.8) is 0 Å². The predicted molar refractivity (Wildman–Crippen MR) is 304 cm³/mol. The monoisotopic (exact) mass is 1090 g/mol. The molecule has 0 spiro atoms. The number of fused-ring (bicyclic) bond motifs is 2. The Morgan fingerprint density at radius 1 is 0.734 bits per heavy atom. The Bertz CT molecular complexity index is 3450. The lowest BCUT2D eigenvalue weighted by atomic mass is 9.91. The van der Waals surface area contributed by atoms with E-state index < -0.39 is 11.2 Å². The number of benzene rings is 2. The Hall–Kier alpha value is -7.56. The van der Waals surface area contributed by atoms with Gasteiger partial charge in [0.2, 0.25) is 17.7 Å². The molecule has 0 aliphatic carbocycles. The number of likely N-dealkylation sites (tertiary alicyclic amines) is 1. The lowest BCUT2D eigenvalue weighted by Gasteiger charge is -2.29. The molecule has 20 nitrogen and oxygen atoms in total. The highest BCUT2D eigenvalue weighted by Gasteiger charge is 2.45. The molecule has 2 saturated heterocycles. The van der Waals surface area contributed by atoms with E-state index in [1.165, 1.54) is 0 Å². The van der Waals surface area contributed by atoms with Gasteiger partial charge in [0.15, 0.2) is 17.4 Å². The first-order valence-electron chi connectivity index (χ1n) is 26.3. The summed E-state index contributed by atoms with van der Waals surface area (Å²) in [6.07, 6.45) is 11.7. The van der Waals surface area contributed by atoms with Crippen molar-refractivity contribution < 1.29 is 33.3 Å². The third-order valence-electron chi connectivity index (χ3n) is 14.5. The Kier molecular flexibility index (Phi) is 17.2. The van der Waals surface area contributed by atoms with Gasteiger partial charge < -0.3 is 29.2 Å². The molecular formula is C58H69N13O7S. The first-order chi connectivity index (χ1) is 37.7. The average molecular weight is 1090 g/mol. The number of aromatic amines is 2. The molecule has 2 fully saturated rings. The van der Waals surface area contributed by atoms with Crippen LogP contribution in [0.4, 0.5) is 0 Å². The number of pyridine rings is 2. The van der Waals surface area contributed by atoms with E-state index in [1.807, 2.05) is 105 Å². The maximum absolute atomic E-state index is 13.8. The number of amides is 1. The molecule has 2 atom stereocenters. The second kappa shape index (κ2) is 24.2. The van der Waals surface area contributed by atoms with Gasteiger partial charge in [-0.15, -0.1) is 11.3 Å². The van der Waals surface area contributed by atoms with Gasteiger partial charge in [-0.3, -0.25) is 34.2 Å². The molecule has 0 radical (unpaired) electrons. The highest BCUT2D eigenvalue weighted by Crippen LogP contribution is 2.34. The van der Waals surface area contributed by atoms with Gasteiger partial charge in [0.25, 0.3) is 0 Å². The number of rotatable bonds is 18. The number of nitrogens with one attached hydrogen (secondary N) is 3. The molecule has 0 saturated carbocycles. The lowest BCUT2D eigenvalue weighted by molar-refractivity contribution is -0.140. The van der Waals surface area contributed by atoms with E-state index in [-0.39, 0.29) is 50.1 Å². The standard InChI is InChI=1S/C35H39N9O4S.C22H26N4O3.CH4/c1-22(2)48-30-8-6-25(17-36-30)32-26-15-23(5-7-27(26)39-40-32)16-29(45)35(47-4)11-14-43(20-35)19-31(46)44-12-9-24(10-13-44)34-37-18-28(49-34)33-38-21-42(3)41-33;1-14(2)29-20-7-5-16(12-24-20)21-17-10-15(4-6-18(17)25-26-21)11-19(27)22(28-3)8-9-23-13-22;/h5-9,15,17-18,21-22H,10-14,16,19-20H2,1-4H3,(H,39,40);4-7,10,12,14,23H,8-9,11,13H2,1-3H3,(H,25,26);1H4/t35-;22-;/m00./s1. The zero-order valence-corrected chi connectivity index (χ0v) is 45.9. The summed E-state index contributed by atoms with van der Waals surface area (Å²) in [7, 11) is 5.04. The zero-order valence-electron chi connectivity index (χ0n) is 45.0. The Morgan fingerprint density at radius 3 is 1.84 bits per heavy atom. The first-order valence-corrected chi connectivity index (χ1v) is 27.1. The summed E-state index contributed by atoms with van der Waals surface area (Å²) in [5.41, 5.74) is 6.37. The fourth-order valence-corrected chi connectivity index (χ4v) is 11.1. The largest absolute Gasteiger partial charge is 0.475 e. The third-order valence-corrected chi connectivity index (χ3v) is 15.5. The summed E-state index contributed by atoms with van der Waals surface area (Å²) in [6, 6.07) is 19.4. The molecule has 0 unspecified atom stereocenters. The van der Waals surface area contributed by atoms with Gasteiger partial charge >= 0.3 is 0 Å². The van der Waals surface area contributed by atoms with Crippen LogP contribution in [0.15, 0.2) is 91.7 Å². The summed E-state index contributed by atoms with van der Waals surface area (Å²) in [4.78, 5) is 62.6. The number of ketones is 2. The minimum atomic E-state index is -0.968. The summed E-state index contributed by atoms with van der Waals surface area (Å²) >= 11 is 1.56. The number of ether oxygens (including phenoxy) is 4. The SMILES string of the molecule is C.CO[C@@]1(C(=O)Cc2ccc3[nH]nc(-c4ccc(OC(C)C)nc4)c3c2)CCN(CC(=O)N2CC=C(c3ncc(-c4ncn(C)n4)s3)CC2)C1.CO[C@@]1(C(=O)Cc2ccc3[nH]nc(-c4ccc(OC(C)C)nc4)c3c2)CCNC1. The molecule has 414 valence electrons. The topological polar surface area (TPSA) is 233 Å². The summed E-state index contributed by atoms with van der Waals surface area (Å²) in [5.74, 6) is 1.96. The molecule has 3 aliphatic heterocycles. The van der Waals surface area contributed by atoms with Gasteiger partial charge in [-0.25, -0.2) is 19.9 Å². The van der Waals surface area contributed by atoms with E-state index in [0.29, 0.717) is 69.6 Å². The number of hydrogen-bond donors (Lipinski definition) is 3. The molecule has 2 aromatic carbocycles. The fraction of sp³-hybridized carbons (Fsp3) is 0.414. The van der Waals surface area contributed by atoms with Crippen LogP contribution in [0, 0.1) is 0 Å². The number of thiazole rings is 1. The van der Waals surface area contributed by atoms with Crippen molar-refractivity contribution in [3.8, 4) is 45.0 Å². The van der Waals surface area contributed by atoms with Crippen LogP contribution in [-0.2, 0) is 43.7 Å². The smallest absolute Gasteiger partial charge is 0.237 e. The Labute approximate surface area is 463 Å². The molecule has 1 amide bonds. The van der Waals surface area contributed by atoms with E-state index in [0.717, 1.165) is 83.9 Å². The van der Waals surface area contributed by atoms with Crippen LogP contribution in [0.25, 0.3) is 60.6 Å². The van der Waals surface area contributed by atoms with E-state index in [1.54, 1.807) is 55.2 Å². The number of carbonyl (C=O) groups excluding carboxylic acids is 3. The molecular weight excluding hydrogens is 1020 g/mol. The van der Waals surface area contributed by atoms with Gasteiger partial charge in [-0.05, 0) is 107 Å². The second-order valence-corrected chi connectivity index (χ2v) is 21.6. The lowest BCUT2D eigenvalue weighted by Crippen LogP contribution is -2.46. The average Bonchev–Trinajstić information content (AvgIpc) is 4.35. The second-order valence-electron chi connectivity index (χ2n) is 20.6. The number of Topliss-reactive ketones (excluding diaryl/α,β-unsaturated/α-hetero) is 2. The highest BCUT2D eigenvalue weighted by molar-refractivity contribution is 7.16. The minimum absolute atomic E-state index is 0. The summed E-state index contributed by atoms with van der Waals surface area (Å²) < 4.78 is 24.5. The third kappa shape index (κ3) is 12.5. The summed E-state index contributed by atoms with van der Waals surface area (Å²) in [6.45, 7) is 11.6. The van der Waals surface area contributed by atoms with Crippen LogP contribution >= 0.6 is 11.3 Å². The van der Waals surface area contributed by atoms with Crippen LogP contribution in [0.1, 0.15) is 70.5 Å². The summed E-state index contributed by atoms with van der Waals surface area (Å²) in [5, 5.41) is 25.5. The number of H-pyrrole nitrogens is 2. The van der Waals surface area contributed by atoms with Crippen LogP contribution < -0.4 is 14.8 Å². The molecule has 9 heterocycles. The van der Waals surface area contributed by atoms with E-state index in [2.05, 4.69) is 56.8 Å². The van der Waals surface area contributed by atoms with E-state index >= 15 is 0 Å². The fourth-order valence-electron chi connectivity index (χ4n) is 10.2. The molecule has 79 heavy (non-hydrogen) atoms. The predicted octanol–water partition coefficient (Wildman–Crippen LogP) is 7.72. The number of aryl methyl sites for hydroxylation is 1. The van der Waals surface area contributed by atoms with Crippen molar-refractivity contribution in [2.45, 2.75) is 90.6 Å². The van der Waals surface area contributed by atoms with E-state index in [4.69, 9.17) is 18.9 Å². The van der Waals surface area contributed by atoms with Crippen LogP contribution in [0.2, 0.25) is 0 Å². The minimum Gasteiger partial charge on any atom is -0.475 e. The number of methoxy groups -OCH3 is 2. The zero-order chi connectivity index (χ0) is 54.6. The Balaban J connectivity index is 0.000000215. The van der Waals surface area contributed by atoms with Crippen LogP contribution in [-0.4, -0.2) is 161 Å². The van der Waals surface area contributed by atoms with Crippen molar-refractivity contribution in [1.82, 2.24) is 65.2 Å². The molecule has 3 N–H and O–H groups in total. The van der Waals surface area contributed by atoms with Gasteiger partial charge in [-0.1, -0.05) is 25.6 Å². The van der Waals surface area contributed by atoms with Crippen molar-refractivity contribution in [1.29, 1.82) is 0 Å². The van der Waals surface area contributed by atoms with Gasteiger partial charge in [0.1, 0.15) is 33.9 Å². The maximum Gasteiger partial charge on any atom is 0.237 e. The molecule has 0 bridgehead atoms. The van der Waals surface area contributed by atoms with Crippen molar-refractivity contribution >= 4 is 56.2 Å². The number of nitrogens with zero attached hydrogens (tertiary/aromatic N) is 10. The van der Waals surface area contributed by atoms with Crippen LogP contribution in [0.3, 0.4) is 0 Å². The normalized spacial score (nSPS) is 18.4. The quantitative estimate of drug-likeness (QED) is 0.0746. The van der Waals surface area contributed by atoms with Gasteiger partial charge in [-0.2, -0.15) is 15.3 Å². The highest BCUT2D eigenvalue weighted by atomic mass is 32.1. The molecule has 3 aliphatic rings. The van der Waals surface area contributed by atoms with Gasteiger partial charge in [0.05, 0.1) is 34.7 Å². The van der Waals surface area contributed by atoms with Gasteiger partial charge in [0, 0.05) is 119 Å². The Morgan fingerprint density at radius 2 is 1.34 bits per heavy atom. The first kappa shape index (κ1) is 56.2. The molecule has 6 aromatic heterocycles. The molecule has 21 heteroatoms. The number of aromatic nitrogens is 10.